The van der Waals surface area contributed by atoms with Crippen molar-refractivity contribution in [2.75, 3.05) is 5.32 Å². The Kier molecular flexibility index (Phi) is 4.26. The van der Waals surface area contributed by atoms with Crippen LogP contribution < -0.4 is 10.6 Å². The van der Waals surface area contributed by atoms with Gasteiger partial charge in [0.15, 0.2) is 0 Å². The van der Waals surface area contributed by atoms with Crippen LogP contribution in [0, 0.1) is 0 Å². The van der Waals surface area contributed by atoms with E-state index in [9.17, 15) is 9.90 Å². The number of urea groups is 1. The molecule has 0 spiro atoms. The number of benzene rings is 2. The van der Waals surface area contributed by atoms with Crippen molar-refractivity contribution in [2.24, 2.45) is 0 Å². The van der Waals surface area contributed by atoms with Crippen molar-refractivity contribution in [3.63, 3.8) is 0 Å². The maximum absolute atomic E-state index is 11.7. The number of nitrogens with one attached hydrogen (secondary N) is 2. The Morgan fingerprint density at radius 3 is 2.68 bits per heavy atom. The number of hydrogen-bond donors (Lipinski definition) is 3. The molecule has 0 saturated heterocycles. The van der Waals surface area contributed by atoms with Crippen molar-refractivity contribution in [2.45, 2.75) is 6.54 Å². The van der Waals surface area contributed by atoms with E-state index < -0.39 is 0 Å². The number of hydrogen-bond acceptors (Lipinski definition) is 2. The zero-order valence-electron chi connectivity index (χ0n) is 10.1. The first-order valence-corrected chi connectivity index (χ1v) is 6.10. The van der Waals surface area contributed by atoms with Crippen LogP contribution in [-0.2, 0) is 6.54 Å². The summed E-state index contributed by atoms with van der Waals surface area (Å²) in [6.07, 6.45) is 0. The van der Waals surface area contributed by atoms with E-state index in [0.29, 0.717) is 17.3 Å². The van der Waals surface area contributed by atoms with Crippen LogP contribution >= 0.6 is 11.6 Å². The van der Waals surface area contributed by atoms with Crippen molar-refractivity contribution in [3.05, 3.63) is 59.1 Å². The quantitative estimate of drug-likeness (QED) is 0.805. The molecule has 4 nitrogen and oxygen atoms in total. The summed E-state index contributed by atoms with van der Waals surface area (Å²) in [7, 11) is 0. The van der Waals surface area contributed by atoms with E-state index in [1.807, 2.05) is 6.07 Å². The molecular formula is C14H13ClN2O2. The van der Waals surface area contributed by atoms with Crippen LogP contribution in [0.2, 0.25) is 5.02 Å². The second-order valence-electron chi connectivity index (χ2n) is 3.96. The average Bonchev–Trinajstić information content (AvgIpc) is 2.39. The van der Waals surface area contributed by atoms with Crippen LogP contribution in [0.1, 0.15) is 5.56 Å². The second kappa shape index (κ2) is 6.11. The number of carbonyl (C=O) groups is 1. The van der Waals surface area contributed by atoms with E-state index in [0.717, 1.165) is 5.56 Å². The number of carbonyl (C=O) groups excluding carboxylic acids is 1. The maximum Gasteiger partial charge on any atom is 0.319 e. The largest absolute Gasteiger partial charge is 0.508 e. The third kappa shape index (κ3) is 3.89. The van der Waals surface area contributed by atoms with Crippen molar-refractivity contribution >= 4 is 23.3 Å². The molecule has 0 aliphatic heterocycles. The summed E-state index contributed by atoms with van der Waals surface area (Å²) < 4.78 is 0. The molecule has 0 saturated carbocycles. The molecule has 5 heteroatoms. The third-order valence-electron chi connectivity index (χ3n) is 2.49. The summed E-state index contributed by atoms with van der Waals surface area (Å²) >= 11 is 5.93. The highest BCUT2D eigenvalue weighted by atomic mass is 35.5. The Morgan fingerprint density at radius 2 is 1.95 bits per heavy atom. The van der Waals surface area contributed by atoms with Crippen LogP contribution in [0.4, 0.5) is 10.5 Å². The van der Waals surface area contributed by atoms with E-state index in [4.69, 9.17) is 11.6 Å². The first-order valence-electron chi connectivity index (χ1n) is 5.72. The maximum atomic E-state index is 11.7. The fourth-order valence-electron chi connectivity index (χ4n) is 1.58. The third-order valence-corrected chi connectivity index (χ3v) is 2.82. The van der Waals surface area contributed by atoms with E-state index in [-0.39, 0.29) is 11.8 Å². The van der Waals surface area contributed by atoms with Gasteiger partial charge in [-0.25, -0.2) is 4.79 Å². The number of anilines is 1. The van der Waals surface area contributed by atoms with Crippen LogP contribution in [-0.4, -0.2) is 11.1 Å². The highest BCUT2D eigenvalue weighted by Gasteiger charge is 2.04. The molecule has 0 heterocycles. The Labute approximate surface area is 116 Å². The molecular weight excluding hydrogens is 264 g/mol. The minimum atomic E-state index is -0.351. The predicted molar refractivity (Wildman–Crippen MR) is 75.4 cm³/mol. The van der Waals surface area contributed by atoms with Crippen molar-refractivity contribution in [3.8, 4) is 5.75 Å². The van der Waals surface area contributed by atoms with Crippen molar-refractivity contribution < 1.29 is 9.90 Å². The fraction of sp³-hybridized carbons (Fsp3) is 0.0714. The summed E-state index contributed by atoms with van der Waals surface area (Å²) in [5.41, 5.74) is 1.37. The highest BCUT2D eigenvalue weighted by molar-refractivity contribution is 6.33. The lowest BCUT2D eigenvalue weighted by Crippen LogP contribution is -2.28. The summed E-state index contributed by atoms with van der Waals surface area (Å²) in [6, 6.07) is 13.4. The van der Waals surface area contributed by atoms with Gasteiger partial charge in [-0.15, -0.1) is 0 Å². The van der Waals surface area contributed by atoms with Gasteiger partial charge in [-0.2, -0.15) is 0 Å². The Bertz CT molecular complexity index is 587. The van der Waals surface area contributed by atoms with Gasteiger partial charge >= 0.3 is 6.03 Å². The molecule has 2 aromatic rings. The molecule has 0 unspecified atom stereocenters. The lowest BCUT2D eigenvalue weighted by atomic mass is 10.2. The number of halogens is 1. The molecule has 2 rings (SSSR count). The first kappa shape index (κ1) is 13.2. The molecule has 0 atom stereocenters. The monoisotopic (exact) mass is 276 g/mol. The Hall–Kier alpha value is -2.20. The number of aromatic hydroxyl groups is 1. The van der Waals surface area contributed by atoms with Crippen molar-refractivity contribution in [1.29, 1.82) is 0 Å². The molecule has 2 aromatic carbocycles. The van der Waals surface area contributed by atoms with Gasteiger partial charge in [0.2, 0.25) is 0 Å². The minimum absolute atomic E-state index is 0.172. The number of amides is 2. The number of rotatable bonds is 3. The topological polar surface area (TPSA) is 61.4 Å². The normalized spacial score (nSPS) is 9.95. The van der Waals surface area contributed by atoms with Crippen LogP contribution in [0.25, 0.3) is 0 Å². The molecule has 98 valence electrons. The fourth-order valence-corrected chi connectivity index (χ4v) is 1.76. The van der Waals surface area contributed by atoms with E-state index >= 15 is 0 Å². The summed E-state index contributed by atoms with van der Waals surface area (Å²) in [5.74, 6) is 0.172. The molecule has 0 aliphatic rings. The second-order valence-corrected chi connectivity index (χ2v) is 4.36. The zero-order valence-corrected chi connectivity index (χ0v) is 10.8. The zero-order chi connectivity index (χ0) is 13.7. The highest BCUT2D eigenvalue weighted by Crippen LogP contribution is 2.20. The number of para-hydroxylation sites is 1. The average molecular weight is 277 g/mol. The van der Waals surface area contributed by atoms with Gasteiger partial charge in [-0.05, 0) is 29.8 Å². The Balaban J connectivity index is 1.90. The van der Waals surface area contributed by atoms with Crippen molar-refractivity contribution in [1.82, 2.24) is 5.32 Å². The number of phenols is 1. The minimum Gasteiger partial charge on any atom is -0.508 e. The molecule has 19 heavy (non-hydrogen) atoms. The molecule has 0 fully saturated rings. The van der Waals surface area contributed by atoms with Gasteiger partial charge < -0.3 is 15.7 Å². The van der Waals surface area contributed by atoms with E-state index in [1.54, 1.807) is 42.5 Å². The molecule has 0 aliphatic carbocycles. The van der Waals surface area contributed by atoms with Gasteiger partial charge in [0.25, 0.3) is 0 Å². The smallest absolute Gasteiger partial charge is 0.319 e. The molecule has 2 amide bonds. The standard InChI is InChI=1S/C14H13ClN2O2/c15-12-6-1-2-7-13(12)17-14(19)16-9-10-4-3-5-11(18)8-10/h1-8,18H,9H2,(H2,16,17,19). The number of phenolic OH excluding ortho intramolecular Hbond substituents is 1. The molecule has 0 bridgehead atoms. The van der Waals surface area contributed by atoms with Gasteiger partial charge in [0.1, 0.15) is 5.75 Å². The SMILES string of the molecule is O=C(NCc1cccc(O)c1)Nc1ccccc1Cl. The summed E-state index contributed by atoms with van der Waals surface area (Å²) in [6.45, 7) is 0.324. The van der Waals surface area contributed by atoms with Gasteiger partial charge in [-0.1, -0.05) is 35.9 Å². The van der Waals surface area contributed by atoms with Gasteiger partial charge in [0, 0.05) is 6.54 Å². The van der Waals surface area contributed by atoms with E-state index in [2.05, 4.69) is 10.6 Å². The summed E-state index contributed by atoms with van der Waals surface area (Å²) in [4.78, 5) is 11.7. The summed E-state index contributed by atoms with van der Waals surface area (Å²) in [5, 5.41) is 15.1. The molecule has 3 N–H and O–H groups in total. The molecule has 0 aromatic heterocycles. The van der Waals surface area contributed by atoms with Crippen LogP contribution in [0.5, 0.6) is 5.75 Å². The lowest BCUT2D eigenvalue weighted by Gasteiger charge is -2.09. The van der Waals surface area contributed by atoms with Crippen LogP contribution in [0.3, 0.4) is 0 Å². The van der Waals surface area contributed by atoms with Gasteiger partial charge in [0.05, 0.1) is 10.7 Å². The van der Waals surface area contributed by atoms with E-state index in [1.165, 1.54) is 0 Å². The van der Waals surface area contributed by atoms with Gasteiger partial charge in [-0.3, -0.25) is 0 Å². The first-order chi connectivity index (χ1) is 9.15. The molecule has 0 radical (unpaired) electrons. The lowest BCUT2D eigenvalue weighted by molar-refractivity contribution is 0.251. The predicted octanol–water partition coefficient (Wildman–Crippen LogP) is 3.37. The van der Waals surface area contributed by atoms with Crippen LogP contribution in [0.15, 0.2) is 48.5 Å². The Morgan fingerprint density at radius 1 is 1.16 bits per heavy atom.